The van der Waals surface area contributed by atoms with Crippen molar-refractivity contribution in [3.05, 3.63) is 35.9 Å². The van der Waals surface area contributed by atoms with Gasteiger partial charge in [-0.05, 0) is 25.3 Å². The van der Waals surface area contributed by atoms with Crippen LogP contribution in [-0.4, -0.2) is 39.6 Å². The maximum Gasteiger partial charge on any atom is 0.329 e. The van der Waals surface area contributed by atoms with Gasteiger partial charge in [0.2, 0.25) is 5.91 Å². The van der Waals surface area contributed by atoms with E-state index in [0.717, 1.165) is 5.56 Å². The van der Waals surface area contributed by atoms with Gasteiger partial charge in [0.05, 0.1) is 12.0 Å². The third-order valence-electron chi connectivity index (χ3n) is 3.64. The fourth-order valence-corrected chi connectivity index (χ4v) is 2.22. The number of carbonyl (C=O) groups excluding carboxylic acids is 1. The van der Waals surface area contributed by atoms with Crippen LogP contribution in [0.4, 0.5) is 0 Å². The van der Waals surface area contributed by atoms with Crippen LogP contribution < -0.4 is 11.1 Å². The SMILES string of the molecule is CC(C[C@@](C)(NC(=O)[C@H](N)Cc1ccccc1)C(=O)O)C(=O)O. The summed E-state index contributed by atoms with van der Waals surface area (Å²) < 4.78 is 0. The molecule has 0 saturated carbocycles. The molecule has 23 heavy (non-hydrogen) atoms. The zero-order valence-corrected chi connectivity index (χ0v) is 13.2. The van der Waals surface area contributed by atoms with E-state index < -0.39 is 35.3 Å². The summed E-state index contributed by atoms with van der Waals surface area (Å²) in [6.45, 7) is 2.67. The topological polar surface area (TPSA) is 130 Å². The largest absolute Gasteiger partial charge is 0.481 e. The van der Waals surface area contributed by atoms with Crippen LogP contribution in [0.2, 0.25) is 0 Å². The van der Waals surface area contributed by atoms with Crippen molar-refractivity contribution in [2.45, 2.75) is 38.3 Å². The van der Waals surface area contributed by atoms with Crippen LogP contribution in [0, 0.1) is 5.92 Å². The molecule has 1 unspecified atom stereocenters. The molecule has 0 radical (unpaired) electrons. The molecule has 0 bridgehead atoms. The predicted molar refractivity (Wildman–Crippen MR) is 83.7 cm³/mol. The number of hydrogen-bond donors (Lipinski definition) is 4. The number of aliphatic carboxylic acids is 2. The lowest BCUT2D eigenvalue weighted by Gasteiger charge is -2.29. The Morgan fingerprint density at radius 1 is 1.22 bits per heavy atom. The van der Waals surface area contributed by atoms with E-state index in [1.807, 2.05) is 30.3 Å². The van der Waals surface area contributed by atoms with Crippen LogP contribution in [0.1, 0.15) is 25.8 Å². The van der Waals surface area contributed by atoms with Crippen LogP contribution in [-0.2, 0) is 20.8 Å². The first-order valence-corrected chi connectivity index (χ1v) is 7.23. The molecule has 1 aromatic rings. The highest BCUT2D eigenvalue weighted by atomic mass is 16.4. The first kappa shape index (κ1) is 18.6. The Morgan fingerprint density at radius 3 is 2.26 bits per heavy atom. The van der Waals surface area contributed by atoms with E-state index in [2.05, 4.69) is 5.32 Å². The summed E-state index contributed by atoms with van der Waals surface area (Å²) in [6, 6.07) is 8.18. The molecular weight excluding hydrogens is 300 g/mol. The molecule has 7 nitrogen and oxygen atoms in total. The molecule has 3 atom stereocenters. The number of hydrogen-bond acceptors (Lipinski definition) is 4. The second kappa shape index (κ2) is 7.73. The summed E-state index contributed by atoms with van der Waals surface area (Å²) in [6.07, 6.45) is 0.0261. The van der Waals surface area contributed by atoms with Gasteiger partial charge in [0.15, 0.2) is 0 Å². The second-order valence-corrected chi connectivity index (χ2v) is 5.87. The van der Waals surface area contributed by atoms with Gasteiger partial charge in [-0.2, -0.15) is 0 Å². The summed E-state index contributed by atoms with van der Waals surface area (Å²) >= 11 is 0. The Hall–Kier alpha value is -2.41. The summed E-state index contributed by atoms with van der Waals surface area (Å²) in [5, 5.41) is 20.6. The number of nitrogens with one attached hydrogen (secondary N) is 1. The van der Waals surface area contributed by atoms with Crippen molar-refractivity contribution >= 4 is 17.8 Å². The number of carbonyl (C=O) groups is 3. The third-order valence-corrected chi connectivity index (χ3v) is 3.64. The monoisotopic (exact) mass is 322 g/mol. The molecule has 0 saturated heterocycles. The standard InChI is InChI=1S/C16H22N2O5/c1-10(14(20)21)9-16(2,15(22)23)18-13(19)12(17)8-11-6-4-3-5-7-11/h3-7,10,12H,8-9,17H2,1-2H3,(H,18,19)(H,20,21)(H,22,23)/t10?,12-,16-/m1/s1. The van der Waals surface area contributed by atoms with Crippen LogP contribution in [0.5, 0.6) is 0 Å². The van der Waals surface area contributed by atoms with E-state index in [0.29, 0.717) is 0 Å². The summed E-state index contributed by atoms with van der Waals surface area (Å²) in [5.41, 5.74) is 4.99. The molecule has 1 rings (SSSR count). The molecule has 1 aromatic carbocycles. The van der Waals surface area contributed by atoms with E-state index in [4.69, 9.17) is 10.8 Å². The molecule has 7 heteroatoms. The summed E-state index contributed by atoms with van der Waals surface area (Å²) in [7, 11) is 0. The summed E-state index contributed by atoms with van der Waals surface area (Å²) in [4.78, 5) is 34.5. The van der Waals surface area contributed by atoms with E-state index in [1.165, 1.54) is 13.8 Å². The highest BCUT2D eigenvalue weighted by Crippen LogP contribution is 2.18. The average molecular weight is 322 g/mol. The molecule has 0 fully saturated rings. The van der Waals surface area contributed by atoms with Gasteiger partial charge in [-0.1, -0.05) is 37.3 Å². The first-order chi connectivity index (χ1) is 10.7. The van der Waals surface area contributed by atoms with Gasteiger partial charge in [0, 0.05) is 0 Å². The molecule has 0 aromatic heterocycles. The Balaban J connectivity index is 2.77. The Kier molecular flexibility index (Phi) is 6.27. The van der Waals surface area contributed by atoms with E-state index in [1.54, 1.807) is 0 Å². The molecule has 0 heterocycles. The van der Waals surface area contributed by atoms with Gasteiger partial charge in [0.25, 0.3) is 0 Å². The highest BCUT2D eigenvalue weighted by molar-refractivity contribution is 5.89. The zero-order valence-electron chi connectivity index (χ0n) is 13.2. The number of benzene rings is 1. The van der Waals surface area contributed by atoms with Gasteiger partial charge in [-0.3, -0.25) is 9.59 Å². The van der Waals surface area contributed by atoms with E-state index in [9.17, 15) is 19.5 Å². The smallest absolute Gasteiger partial charge is 0.329 e. The van der Waals surface area contributed by atoms with Crippen LogP contribution in [0.3, 0.4) is 0 Å². The maximum atomic E-state index is 12.2. The van der Waals surface area contributed by atoms with Crippen LogP contribution in [0.25, 0.3) is 0 Å². The zero-order chi connectivity index (χ0) is 17.6. The molecule has 1 amide bonds. The van der Waals surface area contributed by atoms with Gasteiger partial charge in [-0.15, -0.1) is 0 Å². The maximum absolute atomic E-state index is 12.2. The van der Waals surface area contributed by atoms with Gasteiger partial charge < -0.3 is 21.3 Å². The minimum Gasteiger partial charge on any atom is -0.481 e. The van der Waals surface area contributed by atoms with Crippen molar-refractivity contribution in [3.63, 3.8) is 0 Å². The number of nitrogens with two attached hydrogens (primary N) is 1. The number of carboxylic acid groups (broad SMARTS) is 2. The lowest BCUT2D eigenvalue weighted by atomic mass is 9.89. The predicted octanol–water partition coefficient (Wildman–Crippen LogP) is 0.627. The Bertz CT molecular complexity index is 575. The lowest BCUT2D eigenvalue weighted by Crippen LogP contribution is -2.57. The van der Waals surface area contributed by atoms with Crippen molar-refractivity contribution in [2.75, 3.05) is 0 Å². The normalized spacial score (nSPS) is 16.0. The van der Waals surface area contributed by atoms with Crippen LogP contribution in [0.15, 0.2) is 30.3 Å². The quantitative estimate of drug-likeness (QED) is 0.555. The molecule has 0 aliphatic heterocycles. The fraction of sp³-hybridized carbons (Fsp3) is 0.438. The Labute approximate surface area is 134 Å². The number of amides is 1. The molecule has 0 aliphatic rings. The second-order valence-electron chi connectivity index (χ2n) is 5.87. The highest BCUT2D eigenvalue weighted by Gasteiger charge is 2.38. The van der Waals surface area contributed by atoms with Gasteiger partial charge in [-0.25, -0.2) is 4.79 Å². The van der Waals surface area contributed by atoms with Crippen LogP contribution >= 0.6 is 0 Å². The van der Waals surface area contributed by atoms with E-state index >= 15 is 0 Å². The summed E-state index contributed by atoms with van der Waals surface area (Å²) in [5.74, 6) is -3.97. The fourth-order valence-electron chi connectivity index (χ4n) is 2.22. The van der Waals surface area contributed by atoms with E-state index in [-0.39, 0.29) is 12.8 Å². The minimum absolute atomic E-state index is 0.235. The average Bonchev–Trinajstić information content (AvgIpc) is 2.47. The van der Waals surface area contributed by atoms with Crippen molar-refractivity contribution in [1.29, 1.82) is 0 Å². The molecule has 0 spiro atoms. The number of rotatable bonds is 8. The van der Waals surface area contributed by atoms with Crippen molar-refractivity contribution in [2.24, 2.45) is 11.7 Å². The molecular formula is C16H22N2O5. The third kappa shape index (κ3) is 5.37. The molecule has 126 valence electrons. The van der Waals surface area contributed by atoms with Crippen molar-refractivity contribution in [1.82, 2.24) is 5.32 Å². The minimum atomic E-state index is -1.69. The van der Waals surface area contributed by atoms with Gasteiger partial charge >= 0.3 is 11.9 Å². The lowest BCUT2D eigenvalue weighted by molar-refractivity contribution is -0.150. The molecule has 0 aliphatic carbocycles. The Morgan fingerprint density at radius 2 is 1.78 bits per heavy atom. The number of carboxylic acids is 2. The first-order valence-electron chi connectivity index (χ1n) is 7.23. The van der Waals surface area contributed by atoms with Gasteiger partial charge in [0.1, 0.15) is 5.54 Å². The molecule has 5 N–H and O–H groups in total. The van der Waals surface area contributed by atoms with Crippen molar-refractivity contribution in [3.8, 4) is 0 Å². The van der Waals surface area contributed by atoms with Crippen molar-refractivity contribution < 1.29 is 24.6 Å².